The third-order valence-electron chi connectivity index (χ3n) is 2.97. The van der Waals surface area contributed by atoms with E-state index in [1.807, 2.05) is 30.3 Å². The zero-order valence-corrected chi connectivity index (χ0v) is 11.2. The Kier molecular flexibility index (Phi) is 3.73. The van der Waals surface area contributed by atoms with E-state index in [1.54, 1.807) is 24.4 Å². The highest BCUT2D eigenvalue weighted by molar-refractivity contribution is 5.80. The summed E-state index contributed by atoms with van der Waals surface area (Å²) < 4.78 is 5.24. The maximum atomic E-state index is 11.8. The molecular weight excluding hydrogens is 266 g/mol. The van der Waals surface area contributed by atoms with Crippen molar-refractivity contribution >= 4 is 17.0 Å². The van der Waals surface area contributed by atoms with Gasteiger partial charge in [0.15, 0.2) is 0 Å². The Labute approximate surface area is 121 Å². The SMILES string of the molecule is O=C(NCc1ccccc1)Oc1ccc2ncncc2c1. The summed E-state index contributed by atoms with van der Waals surface area (Å²) in [5.74, 6) is 0.461. The summed E-state index contributed by atoms with van der Waals surface area (Å²) in [6.45, 7) is 0.427. The smallest absolute Gasteiger partial charge is 0.410 e. The molecule has 0 aliphatic rings. The fraction of sp³-hybridized carbons (Fsp3) is 0.0625. The predicted octanol–water partition coefficient (Wildman–Crippen LogP) is 2.92. The Balaban J connectivity index is 1.63. The van der Waals surface area contributed by atoms with Crippen molar-refractivity contribution in [3.63, 3.8) is 0 Å². The van der Waals surface area contributed by atoms with Crippen molar-refractivity contribution in [2.45, 2.75) is 6.54 Å². The van der Waals surface area contributed by atoms with E-state index in [1.165, 1.54) is 6.33 Å². The van der Waals surface area contributed by atoms with Gasteiger partial charge in [0.1, 0.15) is 12.1 Å². The zero-order chi connectivity index (χ0) is 14.5. The number of carbonyl (C=O) groups excluding carboxylic acids is 1. The topological polar surface area (TPSA) is 64.1 Å². The summed E-state index contributed by atoms with van der Waals surface area (Å²) in [4.78, 5) is 19.8. The molecule has 0 unspecified atom stereocenters. The van der Waals surface area contributed by atoms with E-state index in [0.717, 1.165) is 16.5 Å². The average Bonchev–Trinajstić information content (AvgIpc) is 2.54. The van der Waals surface area contributed by atoms with Crippen molar-refractivity contribution < 1.29 is 9.53 Å². The van der Waals surface area contributed by atoms with Gasteiger partial charge in [0.25, 0.3) is 0 Å². The molecule has 1 aromatic heterocycles. The van der Waals surface area contributed by atoms with Gasteiger partial charge in [-0.05, 0) is 23.8 Å². The molecule has 1 N–H and O–H groups in total. The molecule has 104 valence electrons. The van der Waals surface area contributed by atoms with E-state index >= 15 is 0 Å². The predicted molar refractivity (Wildman–Crippen MR) is 78.8 cm³/mol. The summed E-state index contributed by atoms with van der Waals surface area (Å²) in [6.07, 6.45) is 2.67. The van der Waals surface area contributed by atoms with Crippen LogP contribution in [-0.2, 0) is 6.54 Å². The molecule has 0 bridgehead atoms. The fourth-order valence-electron chi connectivity index (χ4n) is 1.94. The summed E-state index contributed by atoms with van der Waals surface area (Å²) in [5.41, 5.74) is 1.82. The lowest BCUT2D eigenvalue weighted by Gasteiger charge is -2.07. The van der Waals surface area contributed by atoms with Crippen molar-refractivity contribution in [1.82, 2.24) is 15.3 Å². The highest BCUT2D eigenvalue weighted by Gasteiger charge is 2.05. The normalized spacial score (nSPS) is 10.3. The lowest BCUT2D eigenvalue weighted by Crippen LogP contribution is -2.26. The number of nitrogens with zero attached hydrogens (tertiary/aromatic N) is 2. The van der Waals surface area contributed by atoms with Gasteiger partial charge in [-0.25, -0.2) is 14.8 Å². The molecule has 0 fully saturated rings. The molecule has 21 heavy (non-hydrogen) atoms. The summed E-state index contributed by atoms with van der Waals surface area (Å²) in [6, 6.07) is 14.9. The number of hydrogen-bond donors (Lipinski definition) is 1. The summed E-state index contributed by atoms with van der Waals surface area (Å²) in [7, 11) is 0. The van der Waals surface area contributed by atoms with E-state index in [4.69, 9.17) is 4.74 Å². The number of nitrogens with one attached hydrogen (secondary N) is 1. The molecule has 3 aromatic rings. The Morgan fingerprint density at radius 2 is 2.00 bits per heavy atom. The number of amides is 1. The first-order valence-electron chi connectivity index (χ1n) is 6.51. The van der Waals surface area contributed by atoms with Crippen LogP contribution in [0.4, 0.5) is 4.79 Å². The Morgan fingerprint density at radius 3 is 2.86 bits per heavy atom. The lowest BCUT2D eigenvalue weighted by molar-refractivity contribution is 0.200. The van der Waals surface area contributed by atoms with E-state index in [9.17, 15) is 4.79 Å². The maximum absolute atomic E-state index is 11.8. The second-order valence-corrected chi connectivity index (χ2v) is 4.47. The van der Waals surface area contributed by atoms with Crippen molar-refractivity contribution in [2.75, 3.05) is 0 Å². The van der Waals surface area contributed by atoms with Gasteiger partial charge in [-0.2, -0.15) is 0 Å². The highest BCUT2D eigenvalue weighted by atomic mass is 16.6. The summed E-state index contributed by atoms with van der Waals surface area (Å²) in [5, 5.41) is 3.53. The standard InChI is InChI=1S/C16H13N3O2/c20-16(18-9-12-4-2-1-3-5-12)21-14-6-7-15-13(8-14)10-17-11-19-15/h1-8,10-11H,9H2,(H,18,20). The maximum Gasteiger partial charge on any atom is 0.412 e. The van der Waals surface area contributed by atoms with Crippen molar-refractivity contribution in [3.8, 4) is 5.75 Å². The Morgan fingerprint density at radius 1 is 1.14 bits per heavy atom. The molecule has 0 saturated heterocycles. The molecule has 3 rings (SSSR count). The number of hydrogen-bond acceptors (Lipinski definition) is 4. The monoisotopic (exact) mass is 279 g/mol. The van der Waals surface area contributed by atoms with Gasteiger partial charge in [0.2, 0.25) is 0 Å². The number of benzene rings is 2. The molecule has 2 aromatic carbocycles. The molecule has 1 amide bonds. The van der Waals surface area contributed by atoms with Crippen LogP contribution in [0.3, 0.4) is 0 Å². The molecular formula is C16H13N3O2. The van der Waals surface area contributed by atoms with E-state index in [2.05, 4.69) is 15.3 Å². The van der Waals surface area contributed by atoms with Crippen LogP contribution in [0.2, 0.25) is 0 Å². The Bertz CT molecular complexity index is 760. The van der Waals surface area contributed by atoms with Crippen LogP contribution >= 0.6 is 0 Å². The van der Waals surface area contributed by atoms with Crippen LogP contribution in [-0.4, -0.2) is 16.1 Å². The highest BCUT2D eigenvalue weighted by Crippen LogP contribution is 2.18. The lowest BCUT2D eigenvalue weighted by atomic mass is 10.2. The third kappa shape index (κ3) is 3.33. The zero-order valence-electron chi connectivity index (χ0n) is 11.2. The molecule has 0 aliphatic heterocycles. The van der Waals surface area contributed by atoms with Gasteiger partial charge in [0, 0.05) is 18.1 Å². The first-order valence-corrected chi connectivity index (χ1v) is 6.51. The number of fused-ring (bicyclic) bond motifs is 1. The molecule has 0 saturated carbocycles. The van der Waals surface area contributed by atoms with Gasteiger partial charge >= 0.3 is 6.09 Å². The molecule has 5 heteroatoms. The van der Waals surface area contributed by atoms with Crippen LogP contribution in [0, 0.1) is 0 Å². The van der Waals surface area contributed by atoms with Crippen molar-refractivity contribution in [2.24, 2.45) is 0 Å². The minimum Gasteiger partial charge on any atom is -0.410 e. The van der Waals surface area contributed by atoms with E-state index in [-0.39, 0.29) is 0 Å². The largest absolute Gasteiger partial charge is 0.412 e. The molecule has 0 radical (unpaired) electrons. The van der Waals surface area contributed by atoms with Gasteiger partial charge in [0.05, 0.1) is 5.52 Å². The van der Waals surface area contributed by atoms with E-state index < -0.39 is 6.09 Å². The van der Waals surface area contributed by atoms with Crippen LogP contribution in [0.5, 0.6) is 5.75 Å². The van der Waals surface area contributed by atoms with Crippen molar-refractivity contribution in [3.05, 3.63) is 66.6 Å². The van der Waals surface area contributed by atoms with E-state index in [0.29, 0.717) is 12.3 Å². The number of ether oxygens (including phenoxy) is 1. The van der Waals surface area contributed by atoms with Crippen molar-refractivity contribution in [1.29, 1.82) is 0 Å². The van der Waals surface area contributed by atoms with Crippen LogP contribution < -0.4 is 10.1 Å². The molecule has 0 atom stereocenters. The second-order valence-electron chi connectivity index (χ2n) is 4.47. The third-order valence-corrected chi connectivity index (χ3v) is 2.97. The molecule has 0 aliphatic carbocycles. The Hall–Kier alpha value is -2.95. The quantitative estimate of drug-likeness (QED) is 0.800. The van der Waals surface area contributed by atoms with Crippen LogP contribution in [0.1, 0.15) is 5.56 Å². The van der Waals surface area contributed by atoms with Gasteiger partial charge in [-0.1, -0.05) is 30.3 Å². The van der Waals surface area contributed by atoms with Crippen LogP contribution in [0.25, 0.3) is 10.9 Å². The minimum absolute atomic E-state index is 0.427. The number of aromatic nitrogens is 2. The number of carbonyl (C=O) groups is 1. The molecule has 1 heterocycles. The first-order chi connectivity index (χ1) is 10.3. The minimum atomic E-state index is -0.491. The van der Waals surface area contributed by atoms with Gasteiger partial charge in [-0.15, -0.1) is 0 Å². The number of rotatable bonds is 3. The summed E-state index contributed by atoms with van der Waals surface area (Å²) >= 11 is 0. The first kappa shape index (κ1) is 13.1. The molecule has 0 spiro atoms. The fourth-order valence-corrected chi connectivity index (χ4v) is 1.94. The molecule has 5 nitrogen and oxygen atoms in total. The van der Waals surface area contributed by atoms with Crippen LogP contribution in [0.15, 0.2) is 61.1 Å². The van der Waals surface area contributed by atoms with Gasteiger partial charge < -0.3 is 10.1 Å². The second kappa shape index (κ2) is 6.00. The van der Waals surface area contributed by atoms with Gasteiger partial charge in [-0.3, -0.25) is 0 Å². The average molecular weight is 279 g/mol.